The van der Waals surface area contributed by atoms with Crippen molar-refractivity contribution >= 4 is 11.9 Å². The highest BCUT2D eigenvalue weighted by atomic mass is 16.6. The Kier molecular flexibility index (Phi) is 8.57. The Morgan fingerprint density at radius 3 is 2.27 bits per heavy atom. The van der Waals surface area contributed by atoms with Gasteiger partial charge in [-0.2, -0.15) is 0 Å². The molecule has 49 heavy (non-hydrogen) atoms. The molecule has 14 atom stereocenters. The highest BCUT2D eigenvalue weighted by molar-refractivity contribution is 5.90. The molecule has 1 aromatic rings. The normalized spacial score (nSPS) is 45.9. The third-order valence-electron chi connectivity index (χ3n) is 13.7. The van der Waals surface area contributed by atoms with Crippen LogP contribution in [0.2, 0.25) is 0 Å². The maximum absolute atomic E-state index is 14.1. The van der Waals surface area contributed by atoms with Crippen LogP contribution in [-0.4, -0.2) is 137 Å². The summed E-state index contributed by atoms with van der Waals surface area (Å²) < 4.78 is 48.9. The molecule has 1 heterocycles. The number of rotatable bonds is 11. The average molecular weight is 690 g/mol. The Labute approximate surface area is 287 Å². The summed E-state index contributed by atoms with van der Waals surface area (Å²) in [5, 5.41) is 24.9. The molecule has 6 fully saturated rings. The number of aliphatic hydroxyl groups is 2. The van der Waals surface area contributed by atoms with Crippen LogP contribution >= 0.6 is 0 Å². The molecule has 1 saturated heterocycles. The number of nitrogens with zero attached hydrogens (tertiary/aromatic N) is 1. The monoisotopic (exact) mass is 689 g/mol. The molecule has 6 aliphatic rings. The summed E-state index contributed by atoms with van der Waals surface area (Å²) in [5.74, 6) is -2.07. The fourth-order valence-corrected chi connectivity index (χ4v) is 12.6. The number of esters is 2. The number of fused-ring (bicyclic) bond motifs is 2. The highest BCUT2D eigenvalue weighted by Crippen LogP contribution is 2.80. The van der Waals surface area contributed by atoms with Crippen LogP contribution < -0.4 is 9.47 Å². The van der Waals surface area contributed by atoms with Crippen molar-refractivity contribution in [3.05, 3.63) is 23.8 Å². The summed E-state index contributed by atoms with van der Waals surface area (Å²) in [4.78, 5) is 29.8. The second-order valence-electron chi connectivity index (χ2n) is 15.1. The average Bonchev–Trinajstić information content (AvgIpc) is 3.46. The minimum Gasteiger partial charge on any atom is -0.493 e. The zero-order chi connectivity index (χ0) is 35.3. The SMILES string of the molecule is CCN1C[C@]2(COC)[C@H](O)C[C@H](OC)[C@]34[C@@H]1[C@H]([C@H](OC)[C@H]23)[C@@]1(OC(C)=O)C[C@H](OC)[C@@]2(O)C[C@H]4[C@@H]1[C@H]2OC(=O)c1ccc(OC)c(OC)c1. The van der Waals surface area contributed by atoms with Gasteiger partial charge in [0.25, 0.3) is 0 Å². The van der Waals surface area contributed by atoms with Gasteiger partial charge in [0.1, 0.15) is 17.3 Å². The van der Waals surface area contributed by atoms with Gasteiger partial charge in [0.15, 0.2) is 11.5 Å². The molecule has 0 radical (unpaired) electrons. The van der Waals surface area contributed by atoms with Gasteiger partial charge in [-0.3, -0.25) is 9.69 Å². The van der Waals surface area contributed by atoms with Gasteiger partial charge in [0, 0.05) is 89.4 Å². The molecule has 0 aromatic heterocycles. The second kappa shape index (κ2) is 12.0. The summed E-state index contributed by atoms with van der Waals surface area (Å²) in [6.07, 6.45) is -2.89. The van der Waals surface area contributed by atoms with Crippen LogP contribution in [-0.2, 0) is 33.2 Å². The van der Waals surface area contributed by atoms with Crippen molar-refractivity contribution in [3.8, 4) is 11.5 Å². The van der Waals surface area contributed by atoms with E-state index in [0.717, 1.165) is 0 Å². The number of carbonyl (C=O) groups excluding carboxylic acids is 2. The molecule has 5 aliphatic carbocycles. The first-order chi connectivity index (χ1) is 23.4. The molecule has 272 valence electrons. The third-order valence-corrected chi connectivity index (χ3v) is 13.7. The lowest BCUT2D eigenvalue weighted by molar-refractivity contribution is -0.300. The number of ether oxygens (including phenoxy) is 8. The molecule has 2 N–H and O–H groups in total. The van der Waals surface area contributed by atoms with E-state index in [0.29, 0.717) is 31.0 Å². The van der Waals surface area contributed by atoms with Crippen molar-refractivity contribution in [2.45, 2.75) is 80.9 Å². The molecule has 7 bridgehead atoms. The lowest BCUT2D eigenvalue weighted by atomic mass is 9.42. The molecule has 1 spiro atoms. The molecule has 1 aromatic carbocycles. The minimum atomic E-state index is -1.62. The van der Waals surface area contributed by atoms with E-state index in [1.54, 1.807) is 39.5 Å². The van der Waals surface area contributed by atoms with E-state index < -0.39 is 76.3 Å². The van der Waals surface area contributed by atoms with Gasteiger partial charge >= 0.3 is 11.9 Å². The Balaban J connectivity index is 1.46. The van der Waals surface area contributed by atoms with Crippen LogP contribution in [0.5, 0.6) is 11.5 Å². The van der Waals surface area contributed by atoms with Gasteiger partial charge < -0.3 is 48.1 Å². The van der Waals surface area contributed by atoms with Crippen molar-refractivity contribution in [2.24, 2.45) is 34.5 Å². The van der Waals surface area contributed by atoms with E-state index in [1.807, 2.05) is 0 Å². The Hall–Kier alpha value is -2.52. The van der Waals surface area contributed by atoms with E-state index >= 15 is 0 Å². The van der Waals surface area contributed by atoms with Crippen molar-refractivity contribution in [1.29, 1.82) is 0 Å². The first kappa shape index (κ1) is 34.9. The predicted molar refractivity (Wildman–Crippen MR) is 172 cm³/mol. The summed E-state index contributed by atoms with van der Waals surface area (Å²) in [6, 6.07) is 4.56. The summed E-state index contributed by atoms with van der Waals surface area (Å²) in [6.45, 7) is 4.99. The zero-order valence-electron chi connectivity index (χ0n) is 29.7. The lowest BCUT2D eigenvalue weighted by Crippen LogP contribution is -2.79. The Bertz CT molecular complexity index is 1480. The van der Waals surface area contributed by atoms with Crippen molar-refractivity contribution < 1.29 is 57.7 Å². The number of likely N-dealkylation sites (tertiary alicyclic amines) is 1. The number of carbonyl (C=O) groups is 2. The highest BCUT2D eigenvalue weighted by Gasteiger charge is 2.90. The number of hydrogen-bond acceptors (Lipinski definition) is 13. The number of piperidine rings is 1. The van der Waals surface area contributed by atoms with E-state index in [1.165, 1.54) is 28.3 Å². The Morgan fingerprint density at radius 2 is 1.67 bits per heavy atom. The van der Waals surface area contributed by atoms with Crippen LogP contribution in [0, 0.1) is 34.5 Å². The van der Waals surface area contributed by atoms with Gasteiger partial charge in [0.2, 0.25) is 0 Å². The van der Waals surface area contributed by atoms with E-state index in [2.05, 4.69) is 11.8 Å². The van der Waals surface area contributed by atoms with Gasteiger partial charge in [-0.25, -0.2) is 4.79 Å². The molecule has 7 rings (SSSR count). The predicted octanol–water partition coefficient (Wildman–Crippen LogP) is 1.69. The molecular formula is C36H51NO12. The standard InChI is InChI=1S/C36H51NO12/c1-9-37-16-33(17-42-3)23(39)13-24(45-6)36-20-14-34(41)25(46-7)15-35(49-18(2)38,27(30(36)37)28(47-8)29(33)36)26(20)31(34)48-32(40)19-10-11-21(43-4)22(12-19)44-5/h10-12,20,23-31,39,41H,9,13-17H2,1-8H3/t20-,23+,24-,25-,26+,27-,28-,29+,30-,31+,33-,34-,35+,36-/m0/s1. The van der Waals surface area contributed by atoms with Crippen LogP contribution in [0.25, 0.3) is 0 Å². The fourth-order valence-electron chi connectivity index (χ4n) is 12.6. The van der Waals surface area contributed by atoms with E-state index in [9.17, 15) is 19.8 Å². The maximum Gasteiger partial charge on any atom is 0.338 e. The summed E-state index contributed by atoms with van der Waals surface area (Å²) in [7, 11) is 9.53. The summed E-state index contributed by atoms with van der Waals surface area (Å²) in [5.41, 5.74) is -4.09. The molecule has 13 heteroatoms. The fraction of sp³-hybridized carbons (Fsp3) is 0.778. The van der Waals surface area contributed by atoms with E-state index in [4.69, 9.17) is 37.9 Å². The van der Waals surface area contributed by atoms with Gasteiger partial charge in [-0.1, -0.05) is 6.92 Å². The van der Waals surface area contributed by atoms with Crippen LogP contribution in [0.3, 0.4) is 0 Å². The summed E-state index contributed by atoms with van der Waals surface area (Å²) >= 11 is 0. The molecule has 13 nitrogen and oxygen atoms in total. The lowest BCUT2D eigenvalue weighted by Gasteiger charge is -2.70. The second-order valence-corrected chi connectivity index (χ2v) is 15.1. The van der Waals surface area contributed by atoms with E-state index in [-0.39, 0.29) is 42.9 Å². The maximum atomic E-state index is 14.1. The molecule has 0 amide bonds. The smallest absolute Gasteiger partial charge is 0.338 e. The van der Waals surface area contributed by atoms with Gasteiger partial charge in [-0.15, -0.1) is 0 Å². The molecule has 5 saturated carbocycles. The van der Waals surface area contributed by atoms with Crippen LogP contribution in [0.15, 0.2) is 18.2 Å². The molecule has 0 unspecified atom stereocenters. The van der Waals surface area contributed by atoms with Crippen molar-refractivity contribution in [1.82, 2.24) is 4.90 Å². The Morgan fingerprint density at radius 1 is 0.959 bits per heavy atom. The first-order valence-electron chi connectivity index (χ1n) is 17.3. The zero-order valence-corrected chi connectivity index (χ0v) is 29.7. The molecule has 1 aliphatic heterocycles. The van der Waals surface area contributed by atoms with Crippen LogP contribution in [0.4, 0.5) is 0 Å². The molecular weight excluding hydrogens is 638 g/mol. The minimum absolute atomic E-state index is 0.185. The first-order valence-corrected chi connectivity index (χ1v) is 17.3. The van der Waals surface area contributed by atoms with Gasteiger partial charge in [0.05, 0.1) is 50.8 Å². The van der Waals surface area contributed by atoms with Crippen molar-refractivity contribution in [2.75, 3.05) is 62.4 Å². The quantitative estimate of drug-likeness (QED) is 0.325. The third kappa shape index (κ3) is 4.24. The van der Waals surface area contributed by atoms with Gasteiger partial charge in [-0.05, 0) is 37.1 Å². The van der Waals surface area contributed by atoms with Crippen molar-refractivity contribution in [3.63, 3.8) is 0 Å². The number of benzene rings is 1. The van der Waals surface area contributed by atoms with Crippen LogP contribution in [0.1, 0.15) is 43.5 Å². The number of hydrogen-bond donors (Lipinski definition) is 2. The largest absolute Gasteiger partial charge is 0.493 e. The topological polar surface area (TPSA) is 152 Å². The number of aliphatic hydroxyl groups excluding tert-OH is 1. The number of methoxy groups -OCH3 is 6.